The summed E-state index contributed by atoms with van der Waals surface area (Å²) in [5.41, 5.74) is 1.27. The highest BCUT2D eigenvalue weighted by Gasteiger charge is 2.19. The number of carbonyl (C=O) groups excluding carboxylic acids is 1. The number of halogens is 1. The lowest BCUT2D eigenvalue weighted by Crippen LogP contribution is -2.35. The third-order valence-corrected chi connectivity index (χ3v) is 5.40. The van der Waals surface area contributed by atoms with Gasteiger partial charge in [-0.1, -0.05) is 29.5 Å². The first-order valence-electron chi connectivity index (χ1n) is 9.21. The van der Waals surface area contributed by atoms with Crippen molar-refractivity contribution in [3.8, 4) is 5.75 Å². The maximum absolute atomic E-state index is 13.0. The van der Waals surface area contributed by atoms with Gasteiger partial charge >= 0.3 is 0 Å². The topological polar surface area (TPSA) is 88.8 Å². The van der Waals surface area contributed by atoms with Crippen LogP contribution in [0.1, 0.15) is 5.56 Å². The monoisotopic (exact) mass is 462 g/mol. The molecule has 3 aromatic rings. The molecule has 8 nitrogen and oxygen atoms in total. The number of rotatable bonds is 8. The van der Waals surface area contributed by atoms with Crippen molar-refractivity contribution in [1.82, 2.24) is 9.88 Å². The van der Waals surface area contributed by atoms with Crippen molar-refractivity contribution < 1.29 is 14.5 Å². The molecule has 0 aliphatic rings. The molecule has 0 N–H and O–H groups in total. The number of thiazole rings is 1. The molecule has 2 aromatic carbocycles. The van der Waals surface area contributed by atoms with Gasteiger partial charge < -0.3 is 9.64 Å². The molecule has 1 heterocycles. The van der Waals surface area contributed by atoms with Gasteiger partial charge in [-0.05, 0) is 37.9 Å². The van der Waals surface area contributed by atoms with Gasteiger partial charge in [-0.15, -0.1) is 12.4 Å². The van der Waals surface area contributed by atoms with Gasteiger partial charge in [0, 0.05) is 31.3 Å². The Bertz CT molecular complexity index is 1100. The number of nitro benzene ring substituents is 1. The molecule has 0 spiro atoms. The Hall–Kier alpha value is -3.01. The van der Waals surface area contributed by atoms with Crippen LogP contribution in [0.2, 0.25) is 0 Å². The smallest absolute Gasteiger partial charge is 0.270 e. The van der Waals surface area contributed by atoms with Crippen molar-refractivity contribution in [2.24, 2.45) is 0 Å². The molecule has 0 fully saturated rings. The van der Waals surface area contributed by atoms with Crippen LogP contribution >= 0.6 is 23.7 Å². The Kier molecular flexibility index (Phi) is 8.49. The number of methoxy groups -OCH3 is 1. The summed E-state index contributed by atoms with van der Waals surface area (Å²) in [4.78, 5) is 31.7. The Balaban J connectivity index is 0.00000341. The molecule has 10 heteroatoms. The van der Waals surface area contributed by atoms with Crippen LogP contribution in [-0.4, -0.2) is 55.0 Å². The number of nitrogens with zero attached hydrogens (tertiary/aromatic N) is 4. The summed E-state index contributed by atoms with van der Waals surface area (Å²) in [5, 5.41) is 11.5. The SMILES string of the molecule is COc1cccc2sc(N(CCN(C)C)C(=O)C=Cc3cccc([N+](=O)[O-])c3)nc12.Cl. The van der Waals surface area contributed by atoms with Crippen LogP contribution < -0.4 is 9.64 Å². The van der Waals surface area contributed by atoms with E-state index in [9.17, 15) is 14.9 Å². The van der Waals surface area contributed by atoms with Gasteiger partial charge in [-0.25, -0.2) is 4.98 Å². The third-order valence-electron chi connectivity index (χ3n) is 4.36. The molecule has 0 aliphatic heterocycles. The summed E-state index contributed by atoms with van der Waals surface area (Å²) in [6.45, 7) is 1.11. The molecule has 0 saturated heterocycles. The molecule has 0 saturated carbocycles. The second-order valence-electron chi connectivity index (χ2n) is 6.78. The van der Waals surface area contributed by atoms with E-state index in [1.165, 1.54) is 29.5 Å². The number of carbonyl (C=O) groups is 1. The number of non-ortho nitro benzene ring substituents is 1. The first-order chi connectivity index (χ1) is 14.4. The number of likely N-dealkylation sites (N-methyl/N-ethyl adjacent to an activating group) is 1. The number of hydrogen-bond donors (Lipinski definition) is 0. The highest BCUT2D eigenvalue weighted by molar-refractivity contribution is 7.22. The maximum Gasteiger partial charge on any atom is 0.270 e. The van der Waals surface area contributed by atoms with Crippen LogP contribution in [-0.2, 0) is 4.79 Å². The van der Waals surface area contributed by atoms with Gasteiger partial charge in [0.25, 0.3) is 11.6 Å². The van der Waals surface area contributed by atoms with Gasteiger partial charge in [-0.2, -0.15) is 0 Å². The predicted octanol–water partition coefficient (Wildman–Crippen LogP) is 4.24. The lowest BCUT2D eigenvalue weighted by Gasteiger charge is -2.20. The minimum Gasteiger partial charge on any atom is -0.494 e. The van der Waals surface area contributed by atoms with Crippen molar-refractivity contribution in [2.75, 3.05) is 39.2 Å². The number of aromatic nitrogens is 1. The average molecular weight is 463 g/mol. The number of anilines is 1. The first kappa shape index (κ1) is 24.3. The number of fused-ring (bicyclic) bond motifs is 1. The predicted molar refractivity (Wildman–Crippen MR) is 126 cm³/mol. The summed E-state index contributed by atoms with van der Waals surface area (Å²) in [7, 11) is 5.45. The van der Waals surface area contributed by atoms with Crippen LogP contribution in [0.25, 0.3) is 16.3 Å². The summed E-state index contributed by atoms with van der Waals surface area (Å²) >= 11 is 1.42. The number of amides is 1. The lowest BCUT2D eigenvalue weighted by atomic mass is 10.2. The highest BCUT2D eigenvalue weighted by Crippen LogP contribution is 2.34. The van der Waals surface area contributed by atoms with Crippen LogP contribution in [0.3, 0.4) is 0 Å². The fraction of sp³-hybridized carbons (Fsp3) is 0.238. The fourth-order valence-electron chi connectivity index (χ4n) is 2.79. The van der Waals surface area contributed by atoms with Crippen molar-refractivity contribution in [3.63, 3.8) is 0 Å². The van der Waals surface area contributed by atoms with E-state index in [4.69, 9.17) is 4.74 Å². The van der Waals surface area contributed by atoms with Gasteiger partial charge in [0.15, 0.2) is 5.13 Å². The third kappa shape index (κ3) is 6.00. The second-order valence-corrected chi connectivity index (χ2v) is 7.79. The highest BCUT2D eigenvalue weighted by atomic mass is 35.5. The fourth-order valence-corrected chi connectivity index (χ4v) is 3.81. The maximum atomic E-state index is 13.0. The molecule has 0 aliphatic carbocycles. The molecule has 3 rings (SSSR count). The Morgan fingerprint density at radius 1 is 1.23 bits per heavy atom. The zero-order valence-corrected chi connectivity index (χ0v) is 19.0. The lowest BCUT2D eigenvalue weighted by molar-refractivity contribution is -0.384. The zero-order valence-electron chi connectivity index (χ0n) is 17.3. The second kappa shape index (κ2) is 10.9. The average Bonchev–Trinajstić information content (AvgIpc) is 3.16. The molecule has 164 valence electrons. The number of benzene rings is 2. The van der Waals surface area contributed by atoms with Crippen LogP contribution in [0.5, 0.6) is 5.75 Å². The van der Waals surface area contributed by atoms with E-state index in [0.29, 0.717) is 35.1 Å². The standard InChI is InChI=1S/C21H22N4O4S.ClH/c1-23(2)12-13-24(21-22-20-17(29-3)8-5-9-18(20)30-21)19(26)11-10-15-6-4-7-16(14-15)25(27)28;/h4-11,14H,12-13H2,1-3H3;1H. The van der Waals surface area contributed by atoms with Crippen LogP contribution in [0.4, 0.5) is 10.8 Å². The molecule has 1 aromatic heterocycles. The van der Waals surface area contributed by atoms with Gasteiger partial charge in [-0.3, -0.25) is 19.8 Å². The molecule has 0 radical (unpaired) electrons. The number of ether oxygens (including phenoxy) is 1. The largest absolute Gasteiger partial charge is 0.494 e. The molecule has 0 bridgehead atoms. The van der Waals surface area contributed by atoms with Gasteiger partial charge in [0.2, 0.25) is 0 Å². The Morgan fingerprint density at radius 3 is 2.65 bits per heavy atom. The van der Waals surface area contributed by atoms with E-state index >= 15 is 0 Å². The van der Waals surface area contributed by atoms with Crippen molar-refractivity contribution >= 4 is 56.8 Å². The summed E-state index contributed by atoms with van der Waals surface area (Å²) in [5.74, 6) is 0.406. The van der Waals surface area contributed by atoms with Gasteiger partial charge in [0.1, 0.15) is 11.3 Å². The van der Waals surface area contributed by atoms with Crippen LogP contribution in [0, 0.1) is 10.1 Å². The summed E-state index contributed by atoms with van der Waals surface area (Å²) < 4.78 is 6.30. The van der Waals surface area contributed by atoms with E-state index in [2.05, 4.69) is 4.98 Å². The molecule has 0 unspecified atom stereocenters. The van der Waals surface area contributed by atoms with E-state index < -0.39 is 4.92 Å². The van der Waals surface area contributed by atoms with Crippen molar-refractivity contribution in [1.29, 1.82) is 0 Å². The van der Waals surface area contributed by atoms with Gasteiger partial charge in [0.05, 0.1) is 16.7 Å². The van der Waals surface area contributed by atoms with Crippen molar-refractivity contribution in [2.45, 2.75) is 0 Å². The van der Waals surface area contributed by atoms with E-state index in [1.54, 1.807) is 30.2 Å². The van der Waals surface area contributed by atoms with E-state index in [0.717, 1.165) is 4.70 Å². The Labute approximate surface area is 190 Å². The Morgan fingerprint density at radius 2 is 1.97 bits per heavy atom. The molecule has 1 amide bonds. The summed E-state index contributed by atoms with van der Waals surface area (Å²) in [6, 6.07) is 11.8. The summed E-state index contributed by atoms with van der Waals surface area (Å²) in [6.07, 6.45) is 2.99. The number of hydrogen-bond acceptors (Lipinski definition) is 7. The minimum atomic E-state index is -0.461. The zero-order chi connectivity index (χ0) is 21.7. The molecular formula is C21H23ClN4O4S. The minimum absolute atomic E-state index is 0. The van der Waals surface area contributed by atoms with Crippen molar-refractivity contribution in [3.05, 3.63) is 64.2 Å². The molecule has 31 heavy (non-hydrogen) atoms. The van der Waals surface area contributed by atoms with E-state index in [1.807, 2.05) is 37.2 Å². The first-order valence-corrected chi connectivity index (χ1v) is 10.0. The molecule has 0 atom stereocenters. The quantitative estimate of drug-likeness (QED) is 0.282. The number of para-hydroxylation sites is 1. The van der Waals surface area contributed by atoms with Crippen LogP contribution in [0.15, 0.2) is 48.5 Å². The molecular weight excluding hydrogens is 440 g/mol. The van der Waals surface area contributed by atoms with E-state index in [-0.39, 0.29) is 24.0 Å². The normalized spacial score (nSPS) is 11.0. The number of nitro groups is 1.